The van der Waals surface area contributed by atoms with Crippen molar-refractivity contribution in [1.29, 1.82) is 0 Å². The minimum atomic E-state index is -0.373. The van der Waals surface area contributed by atoms with Crippen LogP contribution in [0.2, 0.25) is 0 Å². The first kappa shape index (κ1) is 10.4. The highest BCUT2D eigenvalue weighted by atomic mass is 16.3. The van der Waals surface area contributed by atoms with Gasteiger partial charge in [0.1, 0.15) is 0 Å². The number of hydrogen-bond donors (Lipinski definition) is 2. The molecule has 0 aromatic heterocycles. The molecule has 0 unspecified atom stereocenters. The lowest BCUT2D eigenvalue weighted by Crippen LogP contribution is -2.42. The van der Waals surface area contributed by atoms with Crippen LogP contribution in [0.4, 0.5) is 0 Å². The van der Waals surface area contributed by atoms with Crippen LogP contribution < -0.4 is 5.32 Å². The summed E-state index contributed by atoms with van der Waals surface area (Å²) in [7, 11) is 0. The second kappa shape index (κ2) is 4.63. The van der Waals surface area contributed by atoms with Crippen molar-refractivity contribution in [3.05, 3.63) is 0 Å². The van der Waals surface area contributed by atoms with Crippen molar-refractivity contribution >= 4 is 0 Å². The van der Waals surface area contributed by atoms with Crippen molar-refractivity contribution in [2.45, 2.75) is 57.0 Å². The predicted octanol–water partition coefficient (Wildman–Crippen LogP) is 2.07. The molecule has 0 amide bonds. The molecule has 2 N–H and O–H groups in total. The fourth-order valence-electron chi connectivity index (χ4n) is 2.42. The van der Waals surface area contributed by atoms with Crippen molar-refractivity contribution in [3.63, 3.8) is 0 Å². The highest BCUT2D eigenvalue weighted by Crippen LogP contribution is 2.32. The molecule has 0 aliphatic heterocycles. The lowest BCUT2D eigenvalue weighted by atomic mass is 9.85. The molecule has 2 fully saturated rings. The van der Waals surface area contributed by atoms with Crippen molar-refractivity contribution in [1.82, 2.24) is 5.32 Å². The lowest BCUT2D eigenvalue weighted by Gasteiger charge is -2.32. The maximum Gasteiger partial charge on any atom is 0.0771 e. The first-order valence-corrected chi connectivity index (χ1v) is 6.22. The Morgan fingerprint density at radius 3 is 2.50 bits per heavy atom. The third kappa shape index (κ3) is 3.25. The van der Waals surface area contributed by atoms with Gasteiger partial charge in [0, 0.05) is 6.54 Å². The highest BCUT2D eigenvalue weighted by Gasteiger charge is 2.28. The van der Waals surface area contributed by atoms with Crippen LogP contribution in [-0.2, 0) is 0 Å². The Balaban J connectivity index is 1.57. The van der Waals surface area contributed by atoms with Gasteiger partial charge in [-0.2, -0.15) is 0 Å². The Kier molecular flexibility index (Phi) is 3.45. The smallest absolute Gasteiger partial charge is 0.0771 e. The van der Waals surface area contributed by atoms with E-state index >= 15 is 0 Å². The molecule has 0 aromatic carbocycles. The van der Waals surface area contributed by atoms with Gasteiger partial charge in [-0.25, -0.2) is 0 Å². The maximum atomic E-state index is 10.2. The van der Waals surface area contributed by atoms with Gasteiger partial charge in [-0.05, 0) is 31.7 Å². The SMILES string of the molecule is OC1(CNCCC2CC2)CCCCC1. The van der Waals surface area contributed by atoms with Crippen LogP contribution in [0.25, 0.3) is 0 Å². The Morgan fingerprint density at radius 2 is 1.86 bits per heavy atom. The van der Waals surface area contributed by atoms with Crippen LogP contribution in [0.15, 0.2) is 0 Å². The Hall–Kier alpha value is -0.0800. The van der Waals surface area contributed by atoms with E-state index in [0.29, 0.717) is 0 Å². The first-order valence-electron chi connectivity index (χ1n) is 6.22. The number of aliphatic hydroxyl groups is 1. The molecule has 2 heteroatoms. The van der Waals surface area contributed by atoms with Gasteiger partial charge in [0.2, 0.25) is 0 Å². The molecule has 82 valence electrons. The van der Waals surface area contributed by atoms with Gasteiger partial charge >= 0.3 is 0 Å². The van der Waals surface area contributed by atoms with Crippen LogP contribution in [0.5, 0.6) is 0 Å². The summed E-state index contributed by atoms with van der Waals surface area (Å²) < 4.78 is 0. The van der Waals surface area contributed by atoms with Gasteiger partial charge in [-0.1, -0.05) is 32.1 Å². The zero-order valence-electron chi connectivity index (χ0n) is 9.10. The zero-order valence-corrected chi connectivity index (χ0v) is 9.10. The molecule has 14 heavy (non-hydrogen) atoms. The van der Waals surface area contributed by atoms with Crippen LogP contribution in [0.1, 0.15) is 51.4 Å². The molecule has 0 saturated heterocycles. The quantitative estimate of drug-likeness (QED) is 0.661. The molecule has 2 saturated carbocycles. The van der Waals surface area contributed by atoms with Gasteiger partial charge in [0.15, 0.2) is 0 Å². The van der Waals surface area contributed by atoms with Crippen molar-refractivity contribution in [2.24, 2.45) is 5.92 Å². The van der Waals surface area contributed by atoms with Crippen LogP contribution in [0.3, 0.4) is 0 Å². The van der Waals surface area contributed by atoms with Crippen LogP contribution >= 0.6 is 0 Å². The van der Waals surface area contributed by atoms with E-state index in [-0.39, 0.29) is 5.60 Å². The van der Waals surface area contributed by atoms with Gasteiger partial charge in [0.05, 0.1) is 5.60 Å². The average Bonchev–Trinajstić information content (AvgIpc) is 2.97. The fourth-order valence-corrected chi connectivity index (χ4v) is 2.42. The summed E-state index contributed by atoms with van der Waals surface area (Å²) in [6, 6.07) is 0. The first-order chi connectivity index (χ1) is 6.79. The monoisotopic (exact) mass is 197 g/mol. The molecule has 0 heterocycles. The van der Waals surface area contributed by atoms with E-state index in [1.807, 2.05) is 0 Å². The molecule has 0 atom stereocenters. The molecule has 2 aliphatic carbocycles. The van der Waals surface area contributed by atoms with Gasteiger partial charge in [-0.15, -0.1) is 0 Å². The molecule has 2 nitrogen and oxygen atoms in total. The largest absolute Gasteiger partial charge is 0.389 e. The Labute approximate surface area is 87.1 Å². The molecular formula is C12H23NO. The molecule has 0 bridgehead atoms. The van der Waals surface area contributed by atoms with E-state index in [4.69, 9.17) is 0 Å². The molecule has 2 aliphatic rings. The molecular weight excluding hydrogens is 174 g/mol. The van der Waals surface area contributed by atoms with Gasteiger partial charge in [-0.3, -0.25) is 0 Å². The van der Waals surface area contributed by atoms with E-state index in [9.17, 15) is 5.11 Å². The summed E-state index contributed by atoms with van der Waals surface area (Å²) in [4.78, 5) is 0. The van der Waals surface area contributed by atoms with Crippen molar-refractivity contribution in [2.75, 3.05) is 13.1 Å². The number of nitrogens with one attached hydrogen (secondary N) is 1. The normalized spacial score (nSPS) is 26.4. The average molecular weight is 197 g/mol. The topological polar surface area (TPSA) is 32.3 Å². The zero-order chi connectivity index (χ0) is 9.86. The minimum absolute atomic E-state index is 0.373. The van der Waals surface area contributed by atoms with Gasteiger partial charge < -0.3 is 10.4 Å². The third-order valence-corrected chi connectivity index (χ3v) is 3.66. The molecule has 0 radical (unpaired) electrons. The number of hydrogen-bond acceptors (Lipinski definition) is 2. The standard InChI is InChI=1S/C12H23NO/c14-12(7-2-1-3-8-12)10-13-9-6-11-4-5-11/h11,13-14H,1-10H2. The number of rotatable bonds is 5. The second-order valence-electron chi connectivity index (χ2n) is 5.19. The maximum absolute atomic E-state index is 10.2. The van der Waals surface area contributed by atoms with E-state index in [1.54, 1.807) is 0 Å². The molecule has 0 aromatic rings. The van der Waals surface area contributed by atoms with Gasteiger partial charge in [0.25, 0.3) is 0 Å². The summed E-state index contributed by atoms with van der Waals surface area (Å²) in [5.41, 5.74) is -0.373. The van der Waals surface area contributed by atoms with Crippen LogP contribution in [-0.4, -0.2) is 23.8 Å². The third-order valence-electron chi connectivity index (χ3n) is 3.66. The predicted molar refractivity (Wildman–Crippen MR) is 58.2 cm³/mol. The second-order valence-corrected chi connectivity index (χ2v) is 5.19. The summed E-state index contributed by atoms with van der Waals surface area (Å²) >= 11 is 0. The Bertz CT molecular complexity index is 171. The van der Waals surface area contributed by atoms with Crippen LogP contribution in [0, 0.1) is 5.92 Å². The van der Waals surface area contributed by atoms with Crippen molar-refractivity contribution < 1.29 is 5.11 Å². The van der Waals surface area contributed by atoms with E-state index < -0.39 is 0 Å². The minimum Gasteiger partial charge on any atom is -0.389 e. The Morgan fingerprint density at radius 1 is 1.14 bits per heavy atom. The summed E-state index contributed by atoms with van der Waals surface area (Å²) in [5, 5.41) is 13.6. The van der Waals surface area contributed by atoms with E-state index in [2.05, 4.69) is 5.32 Å². The van der Waals surface area contributed by atoms with Crippen molar-refractivity contribution in [3.8, 4) is 0 Å². The van der Waals surface area contributed by atoms with E-state index in [0.717, 1.165) is 31.8 Å². The summed E-state index contributed by atoms with van der Waals surface area (Å²) in [6.45, 7) is 1.92. The lowest BCUT2D eigenvalue weighted by molar-refractivity contribution is 0.00499. The molecule has 2 rings (SSSR count). The summed E-state index contributed by atoms with van der Waals surface area (Å²) in [6.07, 6.45) is 9.92. The van der Waals surface area contributed by atoms with E-state index in [1.165, 1.54) is 38.5 Å². The molecule has 0 spiro atoms. The highest BCUT2D eigenvalue weighted by molar-refractivity contribution is 4.84. The summed E-state index contributed by atoms with van der Waals surface area (Å²) in [5.74, 6) is 1.00. The fraction of sp³-hybridized carbons (Fsp3) is 1.00.